The van der Waals surface area contributed by atoms with Crippen LogP contribution in [0.4, 0.5) is 11.6 Å². The molecule has 0 fully saturated rings. The van der Waals surface area contributed by atoms with Gasteiger partial charge in [-0.15, -0.1) is 0 Å². The zero-order chi connectivity index (χ0) is 15.7. The van der Waals surface area contributed by atoms with E-state index in [0.29, 0.717) is 6.42 Å². The molecule has 20 heavy (non-hydrogen) atoms. The molecule has 0 N–H and O–H groups in total. The van der Waals surface area contributed by atoms with Gasteiger partial charge in [0, 0.05) is 17.5 Å². The zero-order valence-corrected chi connectivity index (χ0v) is 11.4. The fourth-order valence-corrected chi connectivity index (χ4v) is 1.12. The maximum atomic E-state index is 11.2. The van der Waals surface area contributed by atoms with Gasteiger partial charge in [0.1, 0.15) is 0 Å². The Morgan fingerprint density at radius 2 is 1.85 bits per heavy atom. The van der Waals surface area contributed by atoms with Crippen molar-refractivity contribution < 1.29 is 19.4 Å². The molecule has 0 bridgehead atoms. The summed E-state index contributed by atoms with van der Waals surface area (Å²) in [5.41, 5.74) is 0. The molecule has 1 rings (SSSR count). The quantitative estimate of drug-likeness (QED) is 0.462. The van der Waals surface area contributed by atoms with Crippen molar-refractivity contribution in [2.45, 2.75) is 33.6 Å². The summed E-state index contributed by atoms with van der Waals surface area (Å²) in [5, 5.41) is 21.1. The van der Waals surface area contributed by atoms with Crippen molar-refractivity contribution in [2.75, 3.05) is 0 Å². The van der Waals surface area contributed by atoms with E-state index in [0.717, 1.165) is 12.1 Å². The van der Waals surface area contributed by atoms with Crippen molar-refractivity contribution in [1.29, 1.82) is 0 Å². The molecule has 0 atom stereocenters. The minimum atomic E-state index is -0.943. The number of pyridine rings is 1. The molecule has 1 aromatic heterocycles. The average Bonchev–Trinajstić information content (AvgIpc) is 2.41. The molecule has 0 spiro atoms. The van der Waals surface area contributed by atoms with Crippen LogP contribution in [0.25, 0.3) is 0 Å². The van der Waals surface area contributed by atoms with E-state index in [1.165, 1.54) is 0 Å². The second-order valence-electron chi connectivity index (χ2n) is 3.23. The summed E-state index contributed by atoms with van der Waals surface area (Å²) >= 11 is 0. The average molecular weight is 285 g/mol. The summed E-state index contributed by atoms with van der Waals surface area (Å²) in [6, 6.07) is 1.92. The third kappa shape index (κ3) is 4.96. The highest BCUT2D eigenvalue weighted by Gasteiger charge is 2.23. The first-order valence-electron chi connectivity index (χ1n) is 5.96. The summed E-state index contributed by atoms with van der Waals surface area (Å²) in [5.74, 6) is -2.59. The van der Waals surface area contributed by atoms with E-state index in [9.17, 15) is 25.0 Å². The van der Waals surface area contributed by atoms with E-state index in [4.69, 9.17) is 4.74 Å². The Bertz CT molecular complexity index is 503. The van der Waals surface area contributed by atoms with Gasteiger partial charge in [0.15, 0.2) is 0 Å². The van der Waals surface area contributed by atoms with Crippen LogP contribution in [-0.4, -0.2) is 20.8 Å². The lowest BCUT2D eigenvalue weighted by Gasteiger charge is -2.03. The van der Waals surface area contributed by atoms with Gasteiger partial charge in [-0.3, -0.25) is 4.79 Å². The van der Waals surface area contributed by atoms with Crippen molar-refractivity contribution in [2.24, 2.45) is 0 Å². The van der Waals surface area contributed by atoms with Gasteiger partial charge in [-0.05, 0) is 22.3 Å². The minimum absolute atomic E-state index is 0.0914. The third-order valence-electron chi connectivity index (χ3n) is 1.86. The van der Waals surface area contributed by atoms with Crippen molar-refractivity contribution in [1.82, 2.24) is 4.98 Å². The van der Waals surface area contributed by atoms with E-state index in [-0.39, 0.29) is 6.42 Å². The molecule has 110 valence electrons. The number of ether oxygens (including phenoxy) is 1. The first-order valence-corrected chi connectivity index (χ1v) is 5.96. The van der Waals surface area contributed by atoms with E-state index in [1.54, 1.807) is 6.92 Å². The van der Waals surface area contributed by atoms with Crippen molar-refractivity contribution in [3.8, 4) is 5.75 Å². The van der Waals surface area contributed by atoms with Gasteiger partial charge in [0.2, 0.25) is 5.75 Å². The number of nitrogens with zero attached hydrogens (tertiary/aromatic N) is 3. The molecule has 1 heterocycles. The van der Waals surface area contributed by atoms with Gasteiger partial charge in [0.05, 0.1) is 0 Å². The number of esters is 1. The van der Waals surface area contributed by atoms with E-state index in [1.807, 2.05) is 13.8 Å². The highest BCUT2D eigenvalue weighted by molar-refractivity contribution is 5.73. The summed E-state index contributed by atoms with van der Waals surface area (Å²) in [6.07, 6.45) is 0.612. The fourth-order valence-electron chi connectivity index (χ4n) is 1.12. The molecule has 0 aliphatic carbocycles. The molecule has 0 unspecified atom stereocenters. The Kier molecular flexibility index (Phi) is 7.41. The summed E-state index contributed by atoms with van der Waals surface area (Å²) in [7, 11) is 0. The second kappa shape index (κ2) is 8.51. The van der Waals surface area contributed by atoms with Crippen LogP contribution < -0.4 is 4.74 Å². The summed E-state index contributed by atoms with van der Waals surface area (Å²) in [6.45, 7) is 5.74. The smallest absolute Gasteiger partial charge is 0.411 e. The minimum Gasteiger partial charge on any atom is -0.417 e. The summed E-state index contributed by atoms with van der Waals surface area (Å²) in [4.78, 5) is 33.7. The molecule has 9 nitrogen and oxygen atoms in total. The largest absolute Gasteiger partial charge is 0.417 e. The Balaban J connectivity index is 0.00000172. The van der Waals surface area contributed by atoms with E-state index >= 15 is 0 Å². The number of aromatic nitrogens is 1. The lowest BCUT2D eigenvalue weighted by Crippen LogP contribution is -2.09. The molecule has 9 heteroatoms. The van der Waals surface area contributed by atoms with Crippen LogP contribution in [0.3, 0.4) is 0 Å². The predicted octanol–water partition coefficient (Wildman–Crippen LogP) is 2.63. The topological polar surface area (TPSA) is 125 Å². The first-order chi connectivity index (χ1) is 9.45. The van der Waals surface area contributed by atoms with Gasteiger partial charge in [-0.25, -0.2) is 0 Å². The number of nitro groups is 2. The Hall–Kier alpha value is -2.58. The maximum absolute atomic E-state index is 11.2. The molecule has 0 aliphatic heterocycles. The molecule has 0 saturated heterocycles. The summed E-state index contributed by atoms with van der Waals surface area (Å²) < 4.78 is 4.72. The van der Waals surface area contributed by atoms with Crippen molar-refractivity contribution in [3.05, 3.63) is 32.4 Å². The number of hydrogen-bond acceptors (Lipinski definition) is 7. The fraction of sp³-hybridized carbons (Fsp3) is 0.455. The van der Waals surface area contributed by atoms with Crippen LogP contribution in [0.5, 0.6) is 5.75 Å². The number of hydrogen-bond donors (Lipinski definition) is 0. The number of carbonyl (C=O) groups excluding carboxylic acids is 1. The normalized spacial score (nSPS) is 9.15. The molecular formula is C11H15N3O6. The number of carbonyl (C=O) groups is 1. The van der Waals surface area contributed by atoms with Gasteiger partial charge in [0.25, 0.3) is 0 Å². The van der Waals surface area contributed by atoms with Gasteiger partial charge >= 0.3 is 17.6 Å². The standard InChI is InChI=1S/C9H9N3O6.C2H6/c1-2-3-8(13)18-6-4-5-7(11(14)15)10-9(6)12(16)17;1-2/h4-5H,2-3H2,1H3;1-2H3. The highest BCUT2D eigenvalue weighted by Crippen LogP contribution is 2.27. The van der Waals surface area contributed by atoms with Crippen LogP contribution >= 0.6 is 0 Å². The Morgan fingerprint density at radius 1 is 1.25 bits per heavy atom. The van der Waals surface area contributed by atoms with E-state index in [2.05, 4.69) is 4.98 Å². The van der Waals surface area contributed by atoms with Gasteiger partial charge < -0.3 is 25.0 Å². The zero-order valence-electron chi connectivity index (χ0n) is 11.4. The molecular weight excluding hydrogens is 270 g/mol. The monoisotopic (exact) mass is 285 g/mol. The second-order valence-corrected chi connectivity index (χ2v) is 3.23. The van der Waals surface area contributed by atoms with Crippen LogP contribution in [0.1, 0.15) is 33.6 Å². The molecule has 1 aromatic rings. The Morgan fingerprint density at radius 3 is 2.30 bits per heavy atom. The van der Waals surface area contributed by atoms with Crippen LogP contribution in [0.15, 0.2) is 12.1 Å². The predicted molar refractivity (Wildman–Crippen MR) is 69.4 cm³/mol. The molecule has 0 aliphatic rings. The maximum Gasteiger partial charge on any atom is 0.411 e. The SMILES string of the molecule is CC.CCCC(=O)Oc1ccc([N+](=O)[O-])nc1[N+](=O)[O-]. The highest BCUT2D eigenvalue weighted by atomic mass is 16.6. The van der Waals surface area contributed by atoms with Crippen LogP contribution in [0, 0.1) is 20.2 Å². The first kappa shape index (κ1) is 17.4. The lowest BCUT2D eigenvalue weighted by atomic mass is 10.3. The van der Waals surface area contributed by atoms with Crippen molar-refractivity contribution in [3.63, 3.8) is 0 Å². The van der Waals surface area contributed by atoms with Gasteiger partial charge in [-0.2, -0.15) is 0 Å². The van der Waals surface area contributed by atoms with Crippen LogP contribution in [-0.2, 0) is 4.79 Å². The molecule has 0 aromatic carbocycles. The number of rotatable bonds is 5. The van der Waals surface area contributed by atoms with Crippen molar-refractivity contribution >= 4 is 17.6 Å². The Labute approximate surface area is 114 Å². The molecule has 0 saturated carbocycles. The lowest BCUT2D eigenvalue weighted by molar-refractivity contribution is -0.403. The van der Waals surface area contributed by atoms with E-state index < -0.39 is 33.2 Å². The van der Waals surface area contributed by atoms with Gasteiger partial charge in [-0.1, -0.05) is 20.8 Å². The molecule has 0 radical (unpaired) electrons. The molecule has 0 amide bonds. The van der Waals surface area contributed by atoms with Crippen LogP contribution in [0.2, 0.25) is 0 Å². The third-order valence-corrected chi connectivity index (χ3v) is 1.86.